The summed E-state index contributed by atoms with van der Waals surface area (Å²) in [5, 5.41) is 17.2. The topological polar surface area (TPSA) is 40.5 Å². The fourth-order valence-electron chi connectivity index (χ4n) is 1.02. The van der Waals surface area contributed by atoms with Crippen LogP contribution in [0.5, 0.6) is 0 Å². The molecule has 0 bridgehead atoms. The largest absolute Gasteiger partial charge is 0.455 e. The third kappa shape index (κ3) is 0.882. The summed E-state index contributed by atoms with van der Waals surface area (Å²) >= 11 is 0. The van der Waals surface area contributed by atoms with Gasteiger partial charge < -0.3 is 10.0 Å². The van der Waals surface area contributed by atoms with Crippen molar-refractivity contribution < 1.29 is 10.0 Å². The molecule has 0 saturated heterocycles. The van der Waals surface area contributed by atoms with Crippen LogP contribution in [0.1, 0.15) is 20.3 Å². The molecule has 46 valence electrons. The Morgan fingerprint density at radius 1 is 1.50 bits per heavy atom. The molecule has 0 amide bonds. The Labute approximate surface area is 49.7 Å². The summed E-state index contributed by atoms with van der Waals surface area (Å²) < 4.78 is 0. The predicted octanol–water partition coefficient (Wildman–Crippen LogP) is 0.259. The molecule has 0 heterocycles. The molecule has 1 atom stereocenters. The fourth-order valence-corrected chi connectivity index (χ4v) is 1.02. The monoisotopic (exact) mass is 114 g/mol. The summed E-state index contributed by atoms with van der Waals surface area (Å²) in [6, 6.07) is 0. The molecule has 1 rings (SSSR count). The van der Waals surface area contributed by atoms with Crippen molar-refractivity contribution in [3.05, 3.63) is 0 Å². The van der Waals surface area contributed by atoms with E-state index < -0.39 is 7.12 Å². The van der Waals surface area contributed by atoms with Crippen LogP contribution in [0.25, 0.3) is 0 Å². The van der Waals surface area contributed by atoms with Gasteiger partial charge in [0, 0.05) is 0 Å². The molecule has 2 nitrogen and oxygen atoms in total. The third-order valence-electron chi connectivity index (χ3n) is 1.95. The van der Waals surface area contributed by atoms with Gasteiger partial charge in [-0.15, -0.1) is 0 Å². The van der Waals surface area contributed by atoms with Crippen molar-refractivity contribution >= 4 is 7.12 Å². The molecule has 1 aliphatic carbocycles. The van der Waals surface area contributed by atoms with Crippen LogP contribution in [0.3, 0.4) is 0 Å². The minimum absolute atomic E-state index is 0.127. The van der Waals surface area contributed by atoms with Crippen molar-refractivity contribution in [3.8, 4) is 0 Å². The van der Waals surface area contributed by atoms with Crippen LogP contribution >= 0.6 is 0 Å². The highest BCUT2D eigenvalue weighted by Crippen LogP contribution is 2.57. The van der Waals surface area contributed by atoms with E-state index in [2.05, 4.69) is 0 Å². The Morgan fingerprint density at radius 3 is 1.88 bits per heavy atom. The summed E-state index contributed by atoms with van der Waals surface area (Å²) in [6.45, 7) is 4.08. The average molecular weight is 114 g/mol. The predicted molar refractivity (Wildman–Crippen MR) is 32.3 cm³/mol. The average Bonchev–Trinajstić information content (AvgIpc) is 2.13. The lowest BCUT2D eigenvalue weighted by Crippen LogP contribution is -2.13. The molecular formula is C5H11BO2. The molecule has 1 fully saturated rings. The van der Waals surface area contributed by atoms with Gasteiger partial charge in [0.05, 0.1) is 0 Å². The zero-order valence-electron chi connectivity index (χ0n) is 5.26. The van der Waals surface area contributed by atoms with Gasteiger partial charge in [-0.3, -0.25) is 0 Å². The molecule has 3 heteroatoms. The first-order valence-electron chi connectivity index (χ1n) is 2.90. The van der Waals surface area contributed by atoms with Crippen LogP contribution < -0.4 is 0 Å². The van der Waals surface area contributed by atoms with Crippen LogP contribution in [-0.2, 0) is 0 Å². The molecule has 1 unspecified atom stereocenters. The fraction of sp³-hybridized carbons (Fsp3) is 1.00. The Balaban J connectivity index is 2.37. The smallest absolute Gasteiger partial charge is 0.427 e. The lowest BCUT2D eigenvalue weighted by Gasteiger charge is -1.98. The molecule has 0 aliphatic heterocycles. The van der Waals surface area contributed by atoms with Crippen LogP contribution in [0, 0.1) is 5.41 Å². The zero-order chi connectivity index (χ0) is 6.36. The normalized spacial score (nSPS) is 32.2. The van der Waals surface area contributed by atoms with E-state index >= 15 is 0 Å². The summed E-state index contributed by atoms with van der Waals surface area (Å²) in [6.07, 6.45) is 0.949. The number of hydrogen-bond donors (Lipinski definition) is 2. The summed E-state index contributed by atoms with van der Waals surface area (Å²) in [4.78, 5) is 0. The van der Waals surface area contributed by atoms with Crippen LogP contribution in [0.4, 0.5) is 0 Å². The summed E-state index contributed by atoms with van der Waals surface area (Å²) in [7, 11) is -1.09. The van der Waals surface area contributed by atoms with Crippen molar-refractivity contribution in [2.75, 3.05) is 0 Å². The Morgan fingerprint density at radius 2 is 1.88 bits per heavy atom. The van der Waals surface area contributed by atoms with E-state index in [-0.39, 0.29) is 11.2 Å². The van der Waals surface area contributed by atoms with Gasteiger partial charge in [0.2, 0.25) is 0 Å². The molecule has 2 N–H and O–H groups in total. The zero-order valence-corrected chi connectivity index (χ0v) is 5.26. The van der Waals surface area contributed by atoms with E-state index in [0.29, 0.717) is 0 Å². The van der Waals surface area contributed by atoms with Gasteiger partial charge in [-0.25, -0.2) is 0 Å². The standard InChI is InChI=1S/C5H11BO2/c1-5(2)3-4(5)6(7)8/h4,7-8H,3H2,1-2H3. The van der Waals surface area contributed by atoms with Gasteiger partial charge in [-0.05, 0) is 17.7 Å². The minimum atomic E-state index is -1.09. The van der Waals surface area contributed by atoms with Gasteiger partial charge in [-0.1, -0.05) is 13.8 Å². The highest BCUT2D eigenvalue weighted by Gasteiger charge is 2.52. The second-order valence-corrected chi connectivity index (χ2v) is 3.21. The first kappa shape index (κ1) is 6.11. The third-order valence-corrected chi connectivity index (χ3v) is 1.95. The first-order chi connectivity index (χ1) is 3.54. The molecule has 0 aromatic rings. The van der Waals surface area contributed by atoms with Crippen molar-refractivity contribution in [2.45, 2.75) is 26.1 Å². The van der Waals surface area contributed by atoms with Gasteiger partial charge in [-0.2, -0.15) is 0 Å². The van der Waals surface area contributed by atoms with E-state index in [1.807, 2.05) is 13.8 Å². The Hall–Kier alpha value is -0.0151. The van der Waals surface area contributed by atoms with Crippen molar-refractivity contribution in [2.24, 2.45) is 5.41 Å². The first-order valence-corrected chi connectivity index (χ1v) is 2.90. The van der Waals surface area contributed by atoms with Crippen molar-refractivity contribution in [3.63, 3.8) is 0 Å². The van der Waals surface area contributed by atoms with E-state index in [0.717, 1.165) is 6.42 Å². The molecule has 0 radical (unpaired) electrons. The number of hydrogen-bond acceptors (Lipinski definition) is 2. The molecule has 0 spiro atoms. The molecular weight excluding hydrogens is 103 g/mol. The molecule has 8 heavy (non-hydrogen) atoms. The SMILES string of the molecule is CC1(C)CC1B(O)O. The molecule has 1 aliphatic rings. The van der Waals surface area contributed by atoms with Crippen LogP contribution in [0.15, 0.2) is 0 Å². The van der Waals surface area contributed by atoms with Gasteiger partial charge in [0.1, 0.15) is 0 Å². The summed E-state index contributed by atoms with van der Waals surface area (Å²) in [5.74, 6) is 0.127. The van der Waals surface area contributed by atoms with Crippen molar-refractivity contribution in [1.82, 2.24) is 0 Å². The van der Waals surface area contributed by atoms with Crippen molar-refractivity contribution in [1.29, 1.82) is 0 Å². The summed E-state index contributed by atoms with van der Waals surface area (Å²) in [5.41, 5.74) is 0.189. The second-order valence-electron chi connectivity index (χ2n) is 3.21. The van der Waals surface area contributed by atoms with Gasteiger partial charge in [0.25, 0.3) is 0 Å². The maximum Gasteiger partial charge on any atom is 0.455 e. The van der Waals surface area contributed by atoms with E-state index in [1.54, 1.807) is 0 Å². The second kappa shape index (κ2) is 1.48. The molecule has 1 saturated carbocycles. The van der Waals surface area contributed by atoms with E-state index in [4.69, 9.17) is 10.0 Å². The molecule has 0 aromatic heterocycles. The van der Waals surface area contributed by atoms with Gasteiger partial charge >= 0.3 is 7.12 Å². The maximum absolute atomic E-state index is 8.58. The molecule has 0 aromatic carbocycles. The number of rotatable bonds is 1. The maximum atomic E-state index is 8.58. The Bertz CT molecular complexity index is 101. The van der Waals surface area contributed by atoms with E-state index in [9.17, 15) is 0 Å². The minimum Gasteiger partial charge on any atom is -0.427 e. The van der Waals surface area contributed by atoms with Crippen LogP contribution in [0.2, 0.25) is 5.82 Å². The lowest BCUT2D eigenvalue weighted by molar-refractivity contribution is 0.394. The van der Waals surface area contributed by atoms with Gasteiger partial charge in [0.15, 0.2) is 0 Å². The highest BCUT2D eigenvalue weighted by atomic mass is 16.4. The Kier molecular flexibility index (Phi) is 1.13. The van der Waals surface area contributed by atoms with E-state index in [1.165, 1.54) is 0 Å². The van der Waals surface area contributed by atoms with Crippen LogP contribution in [-0.4, -0.2) is 17.2 Å². The quantitative estimate of drug-likeness (QED) is 0.480. The highest BCUT2D eigenvalue weighted by molar-refractivity contribution is 6.44. The lowest BCUT2D eigenvalue weighted by atomic mass is 9.79.